The molecule has 0 aliphatic heterocycles. The van der Waals surface area contributed by atoms with Crippen LogP contribution in [0.15, 0.2) is 12.4 Å². The average molecular weight is 283 g/mol. The lowest BCUT2D eigenvalue weighted by Crippen LogP contribution is -2.48. The Morgan fingerprint density at radius 1 is 1.55 bits per heavy atom. The Balaban J connectivity index is 2.62. The summed E-state index contributed by atoms with van der Waals surface area (Å²) in [4.78, 5) is 38.8. The van der Waals surface area contributed by atoms with E-state index in [1.807, 2.05) is 0 Å². The molecule has 0 aliphatic rings. The minimum absolute atomic E-state index is 0.207. The van der Waals surface area contributed by atoms with Crippen LogP contribution in [0.25, 0.3) is 0 Å². The minimum Gasteiger partial charge on any atom is -0.480 e. The van der Waals surface area contributed by atoms with E-state index in [0.717, 1.165) is 0 Å². The summed E-state index contributed by atoms with van der Waals surface area (Å²) in [6, 6.07) is -1.97. The topological polar surface area (TPSA) is 131 Å². The molecule has 3 amide bonds. The van der Waals surface area contributed by atoms with Gasteiger partial charge in [-0.1, -0.05) is 0 Å². The number of rotatable bonds is 6. The van der Waals surface area contributed by atoms with E-state index in [4.69, 9.17) is 10.8 Å². The molecule has 110 valence electrons. The first-order valence-electron chi connectivity index (χ1n) is 5.80. The molecule has 0 spiro atoms. The van der Waals surface area contributed by atoms with Gasteiger partial charge in [0.2, 0.25) is 5.91 Å². The standard InChI is InChI=1S/C11H17N5O4/c1-15-4-3-13-9(15)6-16(2)11(20)14-7(10(18)19)5-8(12)17/h3-4,7H,5-6H2,1-2H3,(H2,12,17)(H,14,20)(H,18,19)/t7-/m1/s1. The van der Waals surface area contributed by atoms with Gasteiger partial charge in [0.05, 0.1) is 13.0 Å². The Morgan fingerprint density at radius 3 is 2.65 bits per heavy atom. The molecule has 0 radical (unpaired) electrons. The highest BCUT2D eigenvalue weighted by Crippen LogP contribution is 2.01. The number of nitrogens with zero attached hydrogens (tertiary/aromatic N) is 3. The molecule has 1 aromatic rings. The minimum atomic E-state index is -1.34. The van der Waals surface area contributed by atoms with Crippen molar-refractivity contribution in [2.75, 3.05) is 7.05 Å². The summed E-state index contributed by atoms with van der Waals surface area (Å²) in [7, 11) is 3.27. The second kappa shape index (κ2) is 6.55. The maximum Gasteiger partial charge on any atom is 0.326 e. The summed E-state index contributed by atoms with van der Waals surface area (Å²) < 4.78 is 1.74. The number of imidazole rings is 1. The SMILES string of the molecule is CN(Cc1nccn1C)C(=O)N[C@H](CC(N)=O)C(=O)O. The van der Waals surface area contributed by atoms with Crippen molar-refractivity contribution in [1.82, 2.24) is 19.8 Å². The number of carbonyl (C=O) groups is 3. The van der Waals surface area contributed by atoms with Crippen LogP contribution in [0.1, 0.15) is 12.2 Å². The molecule has 0 saturated heterocycles. The number of aryl methyl sites for hydroxylation is 1. The Morgan fingerprint density at radius 2 is 2.20 bits per heavy atom. The van der Waals surface area contributed by atoms with Crippen LogP contribution in [-0.4, -0.2) is 50.6 Å². The number of carboxylic acid groups (broad SMARTS) is 1. The van der Waals surface area contributed by atoms with Crippen LogP contribution in [0.4, 0.5) is 4.79 Å². The number of aliphatic carboxylic acids is 1. The van der Waals surface area contributed by atoms with Gasteiger partial charge in [0.25, 0.3) is 0 Å². The molecule has 1 atom stereocenters. The molecule has 4 N–H and O–H groups in total. The maximum atomic E-state index is 11.8. The van der Waals surface area contributed by atoms with Crippen molar-refractivity contribution < 1.29 is 19.5 Å². The summed E-state index contributed by atoms with van der Waals surface area (Å²) in [5.41, 5.74) is 4.93. The second-order valence-electron chi connectivity index (χ2n) is 4.32. The lowest BCUT2D eigenvalue weighted by atomic mass is 10.2. The van der Waals surface area contributed by atoms with Crippen molar-refractivity contribution >= 4 is 17.9 Å². The lowest BCUT2D eigenvalue weighted by Gasteiger charge is -2.20. The quantitative estimate of drug-likeness (QED) is 0.609. The highest BCUT2D eigenvalue weighted by atomic mass is 16.4. The summed E-state index contributed by atoms with van der Waals surface area (Å²) >= 11 is 0. The zero-order chi connectivity index (χ0) is 15.3. The molecule has 0 aromatic carbocycles. The summed E-state index contributed by atoms with van der Waals surface area (Å²) in [5.74, 6) is -1.48. The van der Waals surface area contributed by atoms with Gasteiger partial charge < -0.3 is 25.6 Å². The molecule has 0 saturated carbocycles. The first-order chi connectivity index (χ1) is 9.31. The van der Waals surface area contributed by atoms with Crippen LogP contribution in [0.5, 0.6) is 0 Å². The van der Waals surface area contributed by atoms with Crippen molar-refractivity contribution in [3.8, 4) is 0 Å². The lowest BCUT2D eigenvalue weighted by molar-refractivity contribution is -0.140. The van der Waals surface area contributed by atoms with Crippen LogP contribution in [0.3, 0.4) is 0 Å². The third-order valence-electron chi connectivity index (χ3n) is 2.65. The number of nitrogens with two attached hydrogens (primary N) is 1. The average Bonchev–Trinajstić information content (AvgIpc) is 2.73. The number of nitrogens with one attached hydrogen (secondary N) is 1. The van der Waals surface area contributed by atoms with Gasteiger partial charge in [0.15, 0.2) is 0 Å². The van der Waals surface area contributed by atoms with Gasteiger partial charge in [-0.2, -0.15) is 0 Å². The monoisotopic (exact) mass is 283 g/mol. The first-order valence-corrected chi connectivity index (χ1v) is 5.80. The van der Waals surface area contributed by atoms with Crippen molar-refractivity contribution in [1.29, 1.82) is 0 Å². The number of primary amides is 1. The molecule has 20 heavy (non-hydrogen) atoms. The predicted molar refractivity (Wildman–Crippen MR) is 68.4 cm³/mol. The van der Waals surface area contributed by atoms with E-state index in [0.29, 0.717) is 5.82 Å². The fraction of sp³-hybridized carbons (Fsp3) is 0.455. The molecule has 0 aliphatic carbocycles. The molecule has 1 heterocycles. The summed E-state index contributed by atoms with van der Waals surface area (Å²) in [6.07, 6.45) is 2.86. The Bertz CT molecular complexity index is 513. The smallest absolute Gasteiger partial charge is 0.326 e. The second-order valence-corrected chi connectivity index (χ2v) is 4.32. The van der Waals surface area contributed by atoms with Crippen molar-refractivity contribution in [3.63, 3.8) is 0 Å². The van der Waals surface area contributed by atoms with Crippen LogP contribution >= 0.6 is 0 Å². The number of carbonyl (C=O) groups excluding carboxylic acids is 2. The Labute approximate surface area is 115 Å². The zero-order valence-corrected chi connectivity index (χ0v) is 11.2. The van der Waals surface area contributed by atoms with E-state index in [9.17, 15) is 14.4 Å². The largest absolute Gasteiger partial charge is 0.480 e. The maximum absolute atomic E-state index is 11.8. The van der Waals surface area contributed by atoms with Gasteiger partial charge >= 0.3 is 12.0 Å². The van der Waals surface area contributed by atoms with Gasteiger partial charge in [-0.15, -0.1) is 0 Å². The van der Waals surface area contributed by atoms with E-state index in [1.165, 1.54) is 11.9 Å². The number of hydrogen-bond donors (Lipinski definition) is 3. The molecule has 9 nitrogen and oxygen atoms in total. The van der Waals surface area contributed by atoms with Crippen LogP contribution in [-0.2, 0) is 23.2 Å². The Hall–Kier alpha value is -2.58. The van der Waals surface area contributed by atoms with Crippen LogP contribution in [0, 0.1) is 0 Å². The number of carboxylic acids is 1. The number of aromatic nitrogens is 2. The van der Waals surface area contributed by atoms with Crippen molar-refractivity contribution in [3.05, 3.63) is 18.2 Å². The van der Waals surface area contributed by atoms with Crippen molar-refractivity contribution in [2.24, 2.45) is 12.8 Å². The first kappa shape index (κ1) is 15.5. The molecule has 0 fully saturated rings. The highest BCUT2D eigenvalue weighted by Gasteiger charge is 2.24. The van der Waals surface area contributed by atoms with Gasteiger partial charge in [-0.3, -0.25) is 4.79 Å². The number of urea groups is 1. The Kier molecular flexibility index (Phi) is 5.07. The van der Waals surface area contributed by atoms with E-state index >= 15 is 0 Å². The molecule has 1 aromatic heterocycles. The zero-order valence-electron chi connectivity index (χ0n) is 11.2. The van der Waals surface area contributed by atoms with Gasteiger partial charge in [-0.25, -0.2) is 14.6 Å². The third-order valence-corrected chi connectivity index (χ3v) is 2.65. The van der Waals surface area contributed by atoms with Gasteiger partial charge in [-0.05, 0) is 0 Å². The molecule has 0 bridgehead atoms. The van der Waals surface area contributed by atoms with Crippen molar-refractivity contribution in [2.45, 2.75) is 19.0 Å². The normalized spacial score (nSPS) is 11.7. The van der Waals surface area contributed by atoms with Gasteiger partial charge in [0, 0.05) is 26.5 Å². The predicted octanol–water partition coefficient (Wildman–Crippen LogP) is -1.11. The van der Waals surface area contributed by atoms with E-state index in [-0.39, 0.29) is 6.54 Å². The molecule has 1 rings (SSSR count). The highest BCUT2D eigenvalue weighted by molar-refractivity contribution is 5.87. The van der Waals surface area contributed by atoms with Crippen LogP contribution < -0.4 is 11.1 Å². The molecule has 9 heteroatoms. The van der Waals surface area contributed by atoms with Gasteiger partial charge in [0.1, 0.15) is 11.9 Å². The summed E-state index contributed by atoms with van der Waals surface area (Å²) in [5, 5.41) is 11.1. The van der Waals surface area contributed by atoms with Crippen LogP contribution in [0.2, 0.25) is 0 Å². The third kappa shape index (κ3) is 4.26. The molecular weight excluding hydrogens is 266 g/mol. The van der Waals surface area contributed by atoms with E-state index in [1.54, 1.807) is 24.0 Å². The molecule has 0 unspecified atom stereocenters. The molecular formula is C11H17N5O4. The number of hydrogen-bond acceptors (Lipinski definition) is 4. The van der Waals surface area contributed by atoms with E-state index in [2.05, 4.69) is 10.3 Å². The fourth-order valence-corrected chi connectivity index (χ4v) is 1.49. The van der Waals surface area contributed by atoms with E-state index < -0.39 is 30.4 Å². The fourth-order valence-electron chi connectivity index (χ4n) is 1.49. The summed E-state index contributed by atoms with van der Waals surface area (Å²) in [6.45, 7) is 0.207. The number of amides is 3.